The second-order valence-electron chi connectivity index (χ2n) is 6.38. The lowest BCUT2D eigenvalue weighted by Crippen LogP contribution is -2.17. The molecule has 0 radical (unpaired) electrons. The Morgan fingerprint density at radius 1 is 1.07 bits per heavy atom. The van der Waals surface area contributed by atoms with Gasteiger partial charge >= 0.3 is 5.97 Å². The molecule has 4 aromatic rings. The van der Waals surface area contributed by atoms with Crippen molar-refractivity contribution in [2.75, 3.05) is 0 Å². The number of benzene rings is 1. The Hall–Kier alpha value is -3.54. The van der Waals surface area contributed by atoms with Crippen molar-refractivity contribution in [2.24, 2.45) is 0 Å². The highest BCUT2D eigenvalue weighted by atomic mass is 16.5. The van der Waals surface area contributed by atoms with Gasteiger partial charge in [0.25, 0.3) is 5.56 Å². The molecule has 0 unspecified atom stereocenters. The van der Waals surface area contributed by atoms with Crippen LogP contribution in [0.4, 0.5) is 0 Å². The van der Waals surface area contributed by atoms with Gasteiger partial charge in [0.1, 0.15) is 12.3 Å². The molecule has 1 aromatic carbocycles. The summed E-state index contributed by atoms with van der Waals surface area (Å²) in [5.74, 6) is -0.469. The van der Waals surface area contributed by atoms with Crippen molar-refractivity contribution in [1.29, 1.82) is 0 Å². The average molecular weight is 359 g/mol. The molecule has 0 fully saturated rings. The summed E-state index contributed by atoms with van der Waals surface area (Å²) in [6.07, 6.45) is 1.67. The third-order valence-corrected chi connectivity index (χ3v) is 4.35. The molecule has 3 aromatic heterocycles. The minimum Gasteiger partial charge on any atom is -0.456 e. The van der Waals surface area contributed by atoms with Crippen LogP contribution in [0.1, 0.15) is 27.3 Å². The monoisotopic (exact) mass is 359 g/mol. The van der Waals surface area contributed by atoms with Gasteiger partial charge in [-0.3, -0.25) is 14.2 Å². The van der Waals surface area contributed by atoms with Crippen molar-refractivity contribution >= 4 is 22.5 Å². The fraction of sp³-hybridized carbons (Fsp3) is 0.143. The van der Waals surface area contributed by atoms with Crippen LogP contribution in [0.2, 0.25) is 0 Å². The van der Waals surface area contributed by atoms with E-state index < -0.39 is 5.97 Å². The van der Waals surface area contributed by atoms with E-state index in [2.05, 4.69) is 9.97 Å². The lowest BCUT2D eigenvalue weighted by atomic mass is 10.1. The predicted molar refractivity (Wildman–Crippen MR) is 102 cm³/mol. The van der Waals surface area contributed by atoms with E-state index in [0.717, 1.165) is 22.2 Å². The van der Waals surface area contributed by atoms with Gasteiger partial charge in [-0.1, -0.05) is 24.3 Å². The number of pyridine rings is 2. The minimum atomic E-state index is -0.469. The van der Waals surface area contributed by atoms with Crippen LogP contribution in [0.15, 0.2) is 59.5 Å². The SMILES string of the molecule is Cc1cc(C(=O)OCc2cc(=O)n3cccc(C)c3n2)c2ccccc2n1. The molecule has 0 spiro atoms. The second-order valence-corrected chi connectivity index (χ2v) is 6.38. The minimum absolute atomic E-state index is 0.0748. The number of carbonyl (C=O) groups is 1. The Kier molecular flexibility index (Phi) is 4.16. The highest BCUT2D eigenvalue weighted by molar-refractivity contribution is 6.03. The van der Waals surface area contributed by atoms with Crippen LogP contribution in [0.5, 0.6) is 0 Å². The topological polar surface area (TPSA) is 73.6 Å². The van der Waals surface area contributed by atoms with Gasteiger partial charge in [-0.15, -0.1) is 0 Å². The summed E-state index contributed by atoms with van der Waals surface area (Å²) >= 11 is 0. The van der Waals surface area contributed by atoms with Gasteiger partial charge in [-0.2, -0.15) is 0 Å². The molecular formula is C21H17N3O3. The first-order valence-electron chi connectivity index (χ1n) is 8.54. The predicted octanol–water partition coefficient (Wildman–Crippen LogP) is 3.22. The van der Waals surface area contributed by atoms with E-state index in [0.29, 0.717) is 16.9 Å². The highest BCUT2D eigenvalue weighted by Gasteiger charge is 2.14. The van der Waals surface area contributed by atoms with Crippen molar-refractivity contribution < 1.29 is 9.53 Å². The Balaban J connectivity index is 1.65. The van der Waals surface area contributed by atoms with E-state index in [1.165, 1.54) is 10.5 Å². The first-order chi connectivity index (χ1) is 13.0. The molecule has 0 bridgehead atoms. The highest BCUT2D eigenvalue weighted by Crippen LogP contribution is 2.19. The molecule has 134 valence electrons. The van der Waals surface area contributed by atoms with Crippen LogP contribution in [0.3, 0.4) is 0 Å². The first-order valence-corrected chi connectivity index (χ1v) is 8.54. The van der Waals surface area contributed by atoms with Gasteiger partial charge in [-0.05, 0) is 37.6 Å². The zero-order valence-electron chi connectivity index (χ0n) is 15.0. The lowest BCUT2D eigenvalue weighted by Gasteiger charge is -2.09. The maximum Gasteiger partial charge on any atom is 0.339 e. The summed E-state index contributed by atoms with van der Waals surface area (Å²) in [7, 11) is 0. The molecule has 0 amide bonds. The van der Waals surface area contributed by atoms with Gasteiger partial charge in [0, 0.05) is 23.3 Å². The normalized spacial score (nSPS) is 11.0. The summed E-state index contributed by atoms with van der Waals surface area (Å²) < 4.78 is 6.92. The first kappa shape index (κ1) is 16.9. The van der Waals surface area contributed by atoms with Gasteiger partial charge in [-0.25, -0.2) is 9.78 Å². The lowest BCUT2D eigenvalue weighted by molar-refractivity contribution is 0.0470. The molecule has 0 aliphatic rings. The summed E-state index contributed by atoms with van der Waals surface area (Å²) in [6.45, 7) is 3.63. The number of esters is 1. The van der Waals surface area contributed by atoms with Gasteiger partial charge in [0.2, 0.25) is 0 Å². The summed E-state index contributed by atoms with van der Waals surface area (Å²) in [4.78, 5) is 33.8. The molecule has 0 atom stereocenters. The van der Waals surface area contributed by atoms with Crippen LogP contribution >= 0.6 is 0 Å². The van der Waals surface area contributed by atoms with Crippen molar-refractivity contribution in [3.8, 4) is 0 Å². The molecule has 0 saturated heterocycles. The third kappa shape index (κ3) is 3.17. The van der Waals surface area contributed by atoms with E-state index in [9.17, 15) is 9.59 Å². The van der Waals surface area contributed by atoms with Gasteiger partial charge in [0.05, 0.1) is 16.8 Å². The van der Waals surface area contributed by atoms with Crippen molar-refractivity contribution in [2.45, 2.75) is 20.5 Å². The Bertz CT molecular complexity index is 1240. The van der Waals surface area contributed by atoms with E-state index >= 15 is 0 Å². The third-order valence-electron chi connectivity index (χ3n) is 4.35. The van der Waals surface area contributed by atoms with Crippen molar-refractivity contribution in [1.82, 2.24) is 14.4 Å². The molecule has 3 heterocycles. The van der Waals surface area contributed by atoms with E-state index in [1.54, 1.807) is 18.3 Å². The molecule has 0 saturated carbocycles. The second kappa shape index (κ2) is 6.64. The Morgan fingerprint density at radius 2 is 1.89 bits per heavy atom. The maximum absolute atomic E-state index is 12.6. The van der Waals surface area contributed by atoms with Crippen LogP contribution in [0, 0.1) is 13.8 Å². The Labute approximate surface area is 155 Å². The number of ether oxygens (including phenoxy) is 1. The molecule has 6 heteroatoms. The fourth-order valence-electron chi connectivity index (χ4n) is 3.08. The summed E-state index contributed by atoms with van der Waals surface area (Å²) in [5, 5.41) is 0.732. The molecule has 0 aliphatic heterocycles. The molecule has 27 heavy (non-hydrogen) atoms. The zero-order chi connectivity index (χ0) is 19.0. The Morgan fingerprint density at radius 3 is 2.74 bits per heavy atom. The average Bonchev–Trinajstić information content (AvgIpc) is 2.66. The number of aromatic nitrogens is 3. The van der Waals surface area contributed by atoms with Crippen molar-refractivity contribution in [3.05, 3.63) is 87.6 Å². The largest absolute Gasteiger partial charge is 0.456 e. The van der Waals surface area contributed by atoms with Crippen LogP contribution in [-0.2, 0) is 11.3 Å². The number of para-hydroxylation sites is 1. The maximum atomic E-state index is 12.6. The van der Waals surface area contributed by atoms with Gasteiger partial charge in [0.15, 0.2) is 0 Å². The van der Waals surface area contributed by atoms with E-state index in [1.807, 2.05) is 44.2 Å². The molecular weight excluding hydrogens is 342 g/mol. The van der Waals surface area contributed by atoms with Gasteiger partial charge < -0.3 is 4.74 Å². The van der Waals surface area contributed by atoms with Crippen LogP contribution in [0.25, 0.3) is 16.6 Å². The standard InChI is InChI=1S/C21H17N3O3/c1-13-6-5-9-24-19(25)11-15(23-20(13)24)12-27-21(26)17-10-14(2)22-18-8-4-3-7-16(17)18/h3-11H,12H2,1-2H3. The number of rotatable bonds is 3. The summed E-state index contributed by atoms with van der Waals surface area (Å²) in [6, 6.07) is 14.2. The quantitative estimate of drug-likeness (QED) is 0.525. The fourth-order valence-corrected chi connectivity index (χ4v) is 3.08. The number of hydrogen-bond acceptors (Lipinski definition) is 5. The zero-order valence-corrected chi connectivity index (χ0v) is 15.0. The molecule has 0 aliphatic carbocycles. The number of carbonyl (C=O) groups excluding carboxylic acids is 1. The number of fused-ring (bicyclic) bond motifs is 2. The summed E-state index contributed by atoms with van der Waals surface area (Å²) in [5.41, 5.74) is 3.56. The smallest absolute Gasteiger partial charge is 0.339 e. The molecule has 0 N–H and O–H groups in total. The number of nitrogens with zero attached hydrogens (tertiary/aromatic N) is 3. The van der Waals surface area contributed by atoms with E-state index in [-0.39, 0.29) is 12.2 Å². The molecule has 6 nitrogen and oxygen atoms in total. The van der Waals surface area contributed by atoms with Crippen molar-refractivity contribution in [3.63, 3.8) is 0 Å². The number of hydrogen-bond donors (Lipinski definition) is 0. The number of aryl methyl sites for hydroxylation is 2. The van der Waals surface area contributed by atoms with E-state index in [4.69, 9.17) is 4.74 Å². The van der Waals surface area contributed by atoms with Crippen LogP contribution in [-0.4, -0.2) is 20.3 Å². The molecule has 4 rings (SSSR count). The van der Waals surface area contributed by atoms with Crippen LogP contribution < -0.4 is 5.56 Å².